The van der Waals surface area contributed by atoms with Gasteiger partial charge in [-0.1, -0.05) is 43.7 Å². The van der Waals surface area contributed by atoms with Gasteiger partial charge in [0.25, 0.3) is 5.91 Å². The highest BCUT2D eigenvalue weighted by Gasteiger charge is 2.33. The second-order valence-electron chi connectivity index (χ2n) is 7.83. The molecule has 0 aliphatic carbocycles. The highest BCUT2D eigenvalue weighted by Crippen LogP contribution is 2.29. The van der Waals surface area contributed by atoms with E-state index < -0.39 is 18.1 Å². The van der Waals surface area contributed by atoms with Crippen molar-refractivity contribution in [1.29, 1.82) is 0 Å². The van der Waals surface area contributed by atoms with Gasteiger partial charge in [-0.2, -0.15) is 0 Å². The van der Waals surface area contributed by atoms with Crippen LogP contribution in [0.1, 0.15) is 37.0 Å². The minimum Gasteiger partial charge on any atom is -0.493 e. The van der Waals surface area contributed by atoms with E-state index >= 15 is 0 Å². The van der Waals surface area contributed by atoms with Crippen molar-refractivity contribution in [2.75, 3.05) is 13.2 Å². The van der Waals surface area contributed by atoms with E-state index in [-0.39, 0.29) is 0 Å². The number of imide groups is 1. The van der Waals surface area contributed by atoms with Crippen LogP contribution in [0.15, 0.2) is 72.8 Å². The van der Waals surface area contributed by atoms with E-state index in [4.69, 9.17) is 18.9 Å². The third kappa shape index (κ3) is 6.07. The summed E-state index contributed by atoms with van der Waals surface area (Å²) in [5.74, 6) is 2.55. The number of ether oxygens (including phenoxy) is 4. The first-order chi connectivity index (χ1) is 16.6. The molecule has 3 aromatic rings. The summed E-state index contributed by atoms with van der Waals surface area (Å²) < 4.78 is 22.8. The molecule has 7 nitrogen and oxygen atoms in total. The van der Waals surface area contributed by atoms with Crippen LogP contribution in [0.3, 0.4) is 0 Å². The van der Waals surface area contributed by atoms with Crippen LogP contribution in [-0.2, 0) is 16.0 Å². The van der Waals surface area contributed by atoms with Crippen molar-refractivity contribution in [3.63, 3.8) is 0 Å². The van der Waals surface area contributed by atoms with Crippen molar-refractivity contribution in [3.05, 3.63) is 83.9 Å². The van der Waals surface area contributed by atoms with Crippen molar-refractivity contribution in [2.24, 2.45) is 0 Å². The van der Waals surface area contributed by atoms with Gasteiger partial charge in [-0.05, 0) is 54.4 Å². The summed E-state index contributed by atoms with van der Waals surface area (Å²) in [5, 5.41) is 2.12. The standard InChI is InChI=1S/C27H27NO6/c1-2-8-19-17-23(33-21-10-4-3-5-11-21)13-14-24(19)32-16-7-15-31-22-12-6-9-20(18-22)25-26(29)28-27(30)34-25/h3-6,9-14,17-18,25H,2,7-8,15-16H2,1H3,(H,28,29,30). The van der Waals surface area contributed by atoms with Crippen LogP contribution >= 0.6 is 0 Å². The summed E-state index contributed by atoms with van der Waals surface area (Å²) in [5.41, 5.74) is 1.67. The Morgan fingerprint density at radius 2 is 1.65 bits per heavy atom. The number of nitrogens with one attached hydrogen (secondary N) is 1. The summed E-state index contributed by atoms with van der Waals surface area (Å²) in [6, 6.07) is 22.6. The molecular formula is C27H27NO6. The molecule has 1 aliphatic rings. The average Bonchev–Trinajstić information content (AvgIpc) is 3.19. The van der Waals surface area contributed by atoms with Crippen LogP contribution in [0, 0.1) is 0 Å². The number of benzene rings is 3. The van der Waals surface area contributed by atoms with E-state index in [2.05, 4.69) is 12.2 Å². The molecule has 34 heavy (non-hydrogen) atoms. The van der Waals surface area contributed by atoms with Crippen LogP contribution in [0.25, 0.3) is 0 Å². The van der Waals surface area contributed by atoms with Crippen LogP contribution in [0.4, 0.5) is 4.79 Å². The molecule has 176 valence electrons. The van der Waals surface area contributed by atoms with E-state index in [1.165, 1.54) is 0 Å². The number of rotatable bonds is 11. The number of carbonyl (C=O) groups excluding carboxylic acids is 2. The molecule has 3 aromatic carbocycles. The molecule has 7 heteroatoms. The summed E-state index contributed by atoms with van der Waals surface area (Å²) in [6.45, 7) is 3.07. The number of hydrogen-bond donors (Lipinski definition) is 1. The van der Waals surface area contributed by atoms with Crippen LogP contribution in [-0.4, -0.2) is 25.2 Å². The maximum absolute atomic E-state index is 11.8. The van der Waals surface area contributed by atoms with Gasteiger partial charge in [0.15, 0.2) is 0 Å². The highest BCUT2D eigenvalue weighted by molar-refractivity contribution is 6.00. The minimum atomic E-state index is -0.940. The zero-order chi connectivity index (χ0) is 23.8. The van der Waals surface area contributed by atoms with Crippen LogP contribution < -0.4 is 19.5 Å². The van der Waals surface area contributed by atoms with Crippen molar-refractivity contribution < 1.29 is 28.5 Å². The second-order valence-corrected chi connectivity index (χ2v) is 7.83. The van der Waals surface area contributed by atoms with Crippen LogP contribution in [0.5, 0.6) is 23.0 Å². The molecule has 1 aliphatic heterocycles. The first-order valence-electron chi connectivity index (χ1n) is 11.4. The molecule has 0 bridgehead atoms. The zero-order valence-electron chi connectivity index (χ0n) is 19.0. The van der Waals surface area contributed by atoms with Gasteiger partial charge < -0.3 is 18.9 Å². The molecule has 4 rings (SSSR count). The fraction of sp³-hybridized carbons (Fsp3) is 0.259. The third-order valence-corrected chi connectivity index (χ3v) is 5.19. The normalized spacial score (nSPS) is 14.9. The molecule has 0 spiro atoms. The van der Waals surface area contributed by atoms with Crippen molar-refractivity contribution in [1.82, 2.24) is 5.32 Å². The quantitative estimate of drug-likeness (QED) is 0.375. The lowest BCUT2D eigenvalue weighted by Crippen LogP contribution is -2.20. The number of alkyl carbamates (subject to hydrolysis) is 1. The fourth-order valence-corrected chi connectivity index (χ4v) is 3.62. The number of cyclic esters (lactones) is 1. The molecule has 1 unspecified atom stereocenters. The molecule has 1 N–H and O–H groups in total. The maximum atomic E-state index is 11.8. The Hall–Kier alpha value is -4.00. The topological polar surface area (TPSA) is 83.1 Å². The van der Waals surface area contributed by atoms with Gasteiger partial charge in [0, 0.05) is 12.0 Å². The number of para-hydroxylation sites is 1. The van der Waals surface area contributed by atoms with Crippen LogP contribution in [0.2, 0.25) is 0 Å². The molecule has 2 amide bonds. The zero-order valence-corrected chi connectivity index (χ0v) is 19.0. The Morgan fingerprint density at radius 1 is 0.853 bits per heavy atom. The minimum absolute atomic E-state index is 0.443. The van der Waals surface area contributed by atoms with Gasteiger partial charge in [-0.3, -0.25) is 10.1 Å². The van der Waals surface area contributed by atoms with Gasteiger partial charge in [0.05, 0.1) is 13.2 Å². The van der Waals surface area contributed by atoms with Crippen molar-refractivity contribution >= 4 is 12.0 Å². The number of amides is 2. The monoisotopic (exact) mass is 461 g/mol. The van der Waals surface area contributed by atoms with Gasteiger partial charge in [0.2, 0.25) is 6.10 Å². The summed E-state index contributed by atoms with van der Waals surface area (Å²) in [4.78, 5) is 23.0. The predicted molar refractivity (Wildman–Crippen MR) is 126 cm³/mol. The lowest BCUT2D eigenvalue weighted by molar-refractivity contribution is -0.123. The van der Waals surface area contributed by atoms with Crippen molar-refractivity contribution in [3.8, 4) is 23.0 Å². The molecule has 0 radical (unpaired) electrons. The molecule has 1 fully saturated rings. The highest BCUT2D eigenvalue weighted by atomic mass is 16.6. The van der Waals surface area contributed by atoms with Gasteiger partial charge in [-0.25, -0.2) is 4.79 Å². The Kier molecular flexibility index (Phi) is 7.65. The molecular weight excluding hydrogens is 434 g/mol. The number of aryl methyl sites for hydroxylation is 1. The van der Waals surface area contributed by atoms with E-state index in [0.29, 0.717) is 30.9 Å². The smallest absolute Gasteiger partial charge is 0.415 e. The summed E-state index contributed by atoms with van der Waals surface area (Å²) in [6.07, 6.45) is 0.894. The average molecular weight is 462 g/mol. The lowest BCUT2D eigenvalue weighted by Gasteiger charge is -2.14. The molecule has 1 atom stereocenters. The van der Waals surface area contributed by atoms with E-state index in [0.717, 1.165) is 35.7 Å². The number of hydrogen-bond acceptors (Lipinski definition) is 6. The molecule has 0 saturated carbocycles. The van der Waals surface area contributed by atoms with Gasteiger partial charge in [-0.15, -0.1) is 0 Å². The van der Waals surface area contributed by atoms with Crippen molar-refractivity contribution in [2.45, 2.75) is 32.3 Å². The molecule has 1 heterocycles. The first kappa shape index (κ1) is 23.2. The second kappa shape index (κ2) is 11.2. The fourth-order valence-electron chi connectivity index (χ4n) is 3.62. The van der Waals surface area contributed by atoms with E-state index in [1.54, 1.807) is 24.3 Å². The maximum Gasteiger partial charge on any atom is 0.415 e. The lowest BCUT2D eigenvalue weighted by atomic mass is 10.1. The van der Waals surface area contributed by atoms with Gasteiger partial charge >= 0.3 is 6.09 Å². The molecule has 1 saturated heterocycles. The Morgan fingerprint density at radius 3 is 2.41 bits per heavy atom. The number of carbonyl (C=O) groups is 2. The SMILES string of the molecule is CCCc1cc(Oc2ccccc2)ccc1OCCCOc1cccc(C2OC(=O)NC2=O)c1. The Bertz CT molecular complexity index is 1130. The summed E-state index contributed by atoms with van der Waals surface area (Å²) in [7, 11) is 0. The third-order valence-electron chi connectivity index (χ3n) is 5.19. The Balaban J connectivity index is 1.28. The first-order valence-corrected chi connectivity index (χ1v) is 11.4. The largest absolute Gasteiger partial charge is 0.493 e. The predicted octanol–water partition coefficient (Wildman–Crippen LogP) is 5.59. The molecule has 0 aromatic heterocycles. The van der Waals surface area contributed by atoms with E-state index in [1.807, 2.05) is 48.5 Å². The summed E-state index contributed by atoms with van der Waals surface area (Å²) >= 11 is 0. The van der Waals surface area contributed by atoms with E-state index in [9.17, 15) is 9.59 Å². The van der Waals surface area contributed by atoms with Gasteiger partial charge in [0.1, 0.15) is 23.0 Å². The Labute approximate surface area is 198 Å².